The molecule has 0 aromatic rings. The Morgan fingerprint density at radius 1 is 0.765 bits per heavy atom. The number of Topliss-reactive ketones (excluding diaryl/α,β-unsaturated/α-hetero) is 1. The first-order chi connectivity index (χ1) is 8.18. The third-order valence-electron chi connectivity index (χ3n) is 3.42. The molecule has 17 heavy (non-hydrogen) atoms. The largest absolute Gasteiger partial charge is 0.299 e. The van der Waals surface area contributed by atoms with E-state index in [0.29, 0.717) is 5.78 Å². The lowest BCUT2D eigenvalue weighted by molar-refractivity contribution is -0.122. The number of carbonyl (C=O) groups is 1. The molecule has 0 aromatic heterocycles. The molecule has 0 bridgehead atoms. The second-order valence-electron chi connectivity index (χ2n) is 5.55. The summed E-state index contributed by atoms with van der Waals surface area (Å²) in [6.45, 7) is 6.26. The fourth-order valence-electron chi connectivity index (χ4n) is 2.08. The minimum Gasteiger partial charge on any atom is -0.299 e. The standard InChI is InChI=1S/C16H32O/c1-4-5-6-7-8-9-10-11-12-13-14-16(17)15(2)3/h15H,4-14H2,1-3H3. The maximum absolute atomic E-state index is 11.4. The van der Waals surface area contributed by atoms with Crippen LogP contribution in [0.5, 0.6) is 0 Å². The second-order valence-corrected chi connectivity index (χ2v) is 5.55. The summed E-state index contributed by atoms with van der Waals surface area (Å²) >= 11 is 0. The summed E-state index contributed by atoms with van der Waals surface area (Å²) < 4.78 is 0. The van der Waals surface area contributed by atoms with Gasteiger partial charge in [-0.25, -0.2) is 0 Å². The van der Waals surface area contributed by atoms with Gasteiger partial charge in [-0.3, -0.25) is 4.79 Å². The van der Waals surface area contributed by atoms with Crippen molar-refractivity contribution in [2.24, 2.45) is 5.92 Å². The zero-order valence-electron chi connectivity index (χ0n) is 12.3. The minimum atomic E-state index is 0.230. The summed E-state index contributed by atoms with van der Waals surface area (Å²) in [7, 11) is 0. The first-order valence-corrected chi connectivity index (χ1v) is 7.71. The van der Waals surface area contributed by atoms with Crippen LogP contribution in [0.25, 0.3) is 0 Å². The molecule has 1 heteroatoms. The smallest absolute Gasteiger partial charge is 0.135 e. The van der Waals surface area contributed by atoms with Gasteiger partial charge in [0.2, 0.25) is 0 Å². The maximum Gasteiger partial charge on any atom is 0.135 e. The first-order valence-electron chi connectivity index (χ1n) is 7.71. The predicted octanol–water partition coefficient (Wildman–Crippen LogP) is 5.52. The fourth-order valence-corrected chi connectivity index (χ4v) is 2.08. The molecule has 0 aliphatic carbocycles. The lowest BCUT2D eigenvalue weighted by Crippen LogP contribution is -2.05. The van der Waals surface area contributed by atoms with Crippen LogP contribution < -0.4 is 0 Å². The third kappa shape index (κ3) is 11.9. The van der Waals surface area contributed by atoms with Gasteiger partial charge in [0.1, 0.15) is 5.78 Å². The number of hydrogen-bond acceptors (Lipinski definition) is 1. The highest BCUT2D eigenvalue weighted by molar-refractivity contribution is 5.80. The Labute approximate surface area is 108 Å². The molecule has 0 aliphatic heterocycles. The van der Waals surface area contributed by atoms with E-state index in [0.717, 1.165) is 12.8 Å². The minimum absolute atomic E-state index is 0.230. The highest BCUT2D eigenvalue weighted by Gasteiger charge is 2.05. The van der Waals surface area contributed by atoms with Crippen LogP contribution >= 0.6 is 0 Å². The molecule has 0 N–H and O–H groups in total. The van der Waals surface area contributed by atoms with Crippen molar-refractivity contribution < 1.29 is 4.79 Å². The van der Waals surface area contributed by atoms with E-state index in [2.05, 4.69) is 6.92 Å². The molecule has 0 amide bonds. The molecule has 0 atom stereocenters. The Morgan fingerprint density at radius 2 is 1.18 bits per heavy atom. The van der Waals surface area contributed by atoms with Crippen molar-refractivity contribution in [2.75, 3.05) is 0 Å². The molecule has 0 heterocycles. The highest BCUT2D eigenvalue weighted by atomic mass is 16.1. The SMILES string of the molecule is CCCCCCCCCCCCC(=O)C(C)C. The van der Waals surface area contributed by atoms with E-state index in [-0.39, 0.29) is 5.92 Å². The van der Waals surface area contributed by atoms with Crippen LogP contribution in [0, 0.1) is 5.92 Å². The van der Waals surface area contributed by atoms with E-state index in [1.54, 1.807) is 0 Å². The van der Waals surface area contributed by atoms with Gasteiger partial charge in [-0.2, -0.15) is 0 Å². The van der Waals surface area contributed by atoms with Crippen molar-refractivity contribution in [2.45, 2.75) is 91.4 Å². The van der Waals surface area contributed by atoms with Gasteiger partial charge in [-0.05, 0) is 6.42 Å². The Balaban J connectivity index is 3.06. The number of unbranched alkanes of at least 4 members (excludes halogenated alkanes) is 9. The third-order valence-corrected chi connectivity index (χ3v) is 3.42. The van der Waals surface area contributed by atoms with Gasteiger partial charge in [-0.15, -0.1) is 0 Å². The van der Waals surface area contributed by atoms with Crippen LogP contribution in [0.4, 0.5) is 0 Å². The van der Waals surface area contributed by atoms with Gasteiger partial charge < -0.3 is 0 Å². The van der Waals surface area contributed by atoms with Crippen LogP contribution in [0.15, 0.2) is 0 Å². The van der Waals surface area contributed by atoms with Gasteiger partial charge in [0.15, 0.2) is 0 Å². The fraction of sp³-hybridized carbons (Fsp3) is 0.938. The van der Waals surface area contributed by atoms with Crippen LogP contribution in [-0.4, -0.2) is 5.78 Å². The molecule has 0 rings (SSSR count). The summed E-state index contributed by atoms with van der Waals surface area (Å²) in [5.41, 5.74) is 0. The lowest BCUT2D eigenvalue weighted by atomic mass is 10.0. The molecule has 0 radical (unpaired) electrons. The summed E-state index contributed by atoms with van der Waals surface area (Å²) in [6.07, 6.45) is 14.2. The highest BCUT2D eigenvalue weighted by Crippen LogP contribution is 2.12. The first kappa shape index (κ1) is 16.7. The molecule has 0 fully saturated rings. The van der Waals surface area contributed by atoms with E-state index in [9.17, 15) is 4.79 Å². The normalized spacial score (nSPS) is 11.1. The van der Waals surface area contributed by atoms with Crippen molar-refractivity contribution in [1.82, 2.24) is 0 Å². The van der Waals surface area contributed by atoms with E-state index in [1.165, 1.54) is 57.8 Å². The van der Waals surface area contributed by atoms with Crippen LogP contribution in [0.3, 0.4) is 0 Å². The summed E-state index contributed by atoms with van der Waals surface area (Å²) in [5, 5.41) is 0. The van der Waals surface area contributed by atoms with Crippen LogP contribution in [-0.2, 0) is 4.79 Å². The molecular weight excluding hydrogens is 208 g/mol. The van der Waals surface area contributed by atoms with Crippen LogP contribution in [0.2, 0.25) is 0 Å². The van der Waals surface area contributed by atoms with Gasteiger partial charge in [0.25, 0.3) is 0 Å². The number of rotatable bonds is 12. The molecule has 0 aliphatic rings. The Hall–Kier alpha value is -0.330. The van der Waals surface area contributed by atoms with Crippen molar-refractivity contribution in [3.05, 3.63) is 0 Å². The molecule has 1 nitrogen and oxygen atoms in total. The molecule has 0 unspecified atom stereocenters. The molecule has 0 spiro atoms. The van der Waals surface area contributed by atoms with E-state index < -0.39 is 0 Å². The van der Waals surface area contributed by atoms with Crippen LogP contribution in [0.1, 0.15) is 91.4 Å². The molecule has 0 aromatic carbocycles. The zero-order chi connectivity index (χ0) is 12.9. The molecule has 0 saturated carbocycles. The van der Waals surface area contributed by atoms with Crippen molar-refractivity contribution in [3.8, 4) is 0 Å². The molecular formula is C16H32O. The predicted molar refractivity (Wildman–Crippen MR) is 76.3 cm³/mol. The number of hydrogen-bond donors (Lipinski definition) is 0. The second kappa shape index (κ2) is 12.1. The summed E-state index contributed by atoms with van der Waals surface area (Å²) in [5.74, 6) is 0.665. The Morgan fingerprint density at radius 3 is 1.59 bits per heavy atom. The maximum atomic E-state index is 11.4. The van der Waals surface area contributed by atoms with Gasteiger partial charge in [0, 0.05) is 12.3 Å². The van der Waals surface area contributed by atoms with Crippen molar-refractivity contribution in [3.63, 3.8) is 0 Å². The average Bonchev–Trinajstić information content (AvgIpc) is 2.31. The Kier molecular flexibility index (Phi) is 11.9. The van der Waals surface area contributed by atoms with E-state index in [4.69, 9.17) is 0 Å². The van der Waals surface area contributed by atoms with E-state index >= 15 is 0 Å². The van der Waals surface area contributed by atoms with Gasteiger partial charge in [-0.1, -0.05) is 78.6 Å². The number of ketones is 1. The van der Waals surface area contributed by atoms with Crippen molar-refractivity contribution in [1.29, 1.82) is 0 Å². The monoisotopic (exact) mass is 240 g/mol. The van der Waals surface area contributed by atoms with Crippen molar-refractivity contribution >= 4 is 5.78 Å². The Bertz CT molecular complexity index is 172. The van der Waals surface area contributed by atoms with Gasteiger partial charge >= 0.3 is 0 Å². The average molecular weight is 240 g/mol. The lowest BCUT2D eigenvalue weighted by Gasteiger charge is -2.04. The quantitative estimate of drug-likeness (QED) is 0.410. The van der Waals surface area contributed by atoms with Gasteiger partial charge in [0.05, 0.1) is 0 Å². The van der Waals surface area contributed by atoms with E-state index in [1.807, 2.05) is 13.8 Å². The summed E-state index contributed by atoms with van der Waals surface area (Å²) in [4.78, 5) is 11.4. The number of carbonyl (C=O) groups excluding carboxylic acids is 1. The topological polar surface area (TPSA) is 17.1 Å². The molecule has 0 saturated heterocycles. The summed E-state index contributed by atoms with van der Waals surface area (Å²) in [6, 6.07) is 0. The molecule has 102 valence electrons. The zero-order valence-corrected chi connectivity index (χ0v) is 12.3.